The standard InChI is InChI=1S/C5H6N2O3/c6-4(9)5-7-3(1-8)2-10-5/h1-2,4,9H,6H2. The molecule has 1 rings (SSSR count). The van der Waals surface area contributed by atoms with E-state index in [2.05, 4.69) is 9.40 Å². The van der Waals surface area contributed by atoms with Crippen molar-refractivity contribution in [1.82, 2.24) is 4.98 Å². The molecule has 1 aromatic heterocycles. The second-order valence-corrected chi connectivity index (χ2v) is 1.67. The summed E-state index contributed by atoms with van der Waals surface area (Å²) in [5.74, 6) is -0.0536. The highest BCUT2D eigenvalue weighted by molar-refractivity contribution is 5.70. The minimum Gasteiger partial charge on any atom is -0.444 e. The number of aldehydes is 1. The van der Waals surface area contributed by atoms with Gasteiger partial charge in [0.2, 0.25) is 5.89 Å². The zero-order chi connectivity index (χ0) is 7.56. The van der Waals surface area contributed by atoms with E-state index in [9.17, 15) is 4.79 Å². The quantitative estimate of drug-likeness (QED) is 0.426. The van der Waals surface area contributed by atoms with E-state index in [1.807, 2.05) is 0 Å². The number of rotatable bonds is 2. The summed E-state index contributed by atoms with van der Waals surface area (Å²) in [6.45, 7) is 0. The normalized spacial score (nSPS) is 13.0. The van der Waals surface area contributed by atoms with Gasteiger partial charge in [0.05, 0.1) is 0 Å². The molecule has 0 saturated carbocycles. The Morgan fingerprint density at radius 2 is 2.60 bits per heavy atom. The summed E-state index contributed by atoms with van der Waals surface area (Å²) < 4.78 is 4.60. The highest BCUT2D eigenvalue weighted by Crippen LogP contribution is 2.04. The Bertz CT molecular complexity index is 231. The Morgan fingerprint density at radius 1 is 1.90 bits per heavy atom. The zero-order valence-electron chi connectivity index (χ0n) is 5.02. The maximum Gasteiger partial charge on any atom is 0.238 e. The lowest BCUT2D eigenvalue weighted by Gasteiger charge is -1.93. The van der Waals surface area contributed by atoms with E-state index in [0.717, 1.165) is 6.26 Å². The van der Waals surface area contributed by atoms with E-state index in [4.69, 9.17) is 10.8 Å². The second kappa shape index (κ2) is 2.59. The summed E-state index contributed by atoms with van der Waals surface area (Å²) >= 11 is 0. The Labute approximate surface area is 56.5 Å². The summed E-state index contributed by atoms with van der Waals surface area (Å²) in [4.78, 5) is 13.5. The number of hydrogen-bond acceptors (Lipinski definition) is 5. The minimum absolute atomic E-state index is 0.0536. The molecule has 0 aliphatic heterocycles. The number of carbonyl (C=O) groups is 1. The average molecular weight is 142 g/mol. The summed E-state index contributed by atoms with van der Waals surface area (Å²) in [7, 11) is 0. The number of aliphatic hydroxyl groups excluding tert-OH is 1. The molecule has 0 bridgehead atoms. The van der Waals surface area contributed by atoms with Crippen molar-refractivity contribution in [2.45, 2.75) is 6.23 Å². The van der Waals surface area contributed by atoms with Crippen molar-refractivity contribution in [3.8, 4) is 0 Å². The number of hydrogen-bond donors (Lipinski definition) is 2. The average Bonchev–Trinajstić information content (AvgIpc) is 2.34. The van der Waals surface area contributed by atoms with Crippen LogP contribution in [0.25, 0.3) is 0 Å². The van der Waals surface area contributed by atoms with Crippen LogP contribution < -0.4 is 5.73 Å². The molecule has 0 aliphatic carbocycles. The topological polar surface area (TPSA) is 89.4 Å². The lowest BCUT2D eigenvalue weighted by atomic mass is 10.5. The van der Waals surface area contributed by atoms with Gasteiger partial charge in [-0.05, 0) is 0 Å². The van der Waals surface area contributed by atoms with Crippen molar-refractivity contribution in [3.05, 3.63) is 17.8 Å². The van der Waals surface area contributed by atoms with Crippen molar-refractivity contribution in [1.29, 1.82) is 0 Å². The number of aliphatic hydroxyl groups is 1. The molecule has 0 aromatic carbocycles. The van der Waals surface area contributed by atoms with Gasteiger partial charge in [0.25, 0.3) is 0 Å². The Hall–Kier alpha value is -1.20. The van der Waals surface area contributed by atoms with Gasteiger partial charge in [0, 0.05) is 0 Å². The van der Waals surface area contributed by atoms with Crippen LogP contribution in [0.4, 0.5) is 0 Å². The van der Waals surface area contributed by atoms with Crippen LogP contribution in [-0.4, -0.2) is 16.4 Å². The summed E-state index contributed by atoms with van der Waals surface area (Å²) in [5.41, 5.74) is 5.09. The lowest BCUT2D eigenvalue weighted by Crippen LogP contribution is -2.08. The molecule has 10 heavy (non-hydrogen) atoms. The molecule has 0 fully saturated rings. The number of aromatic nitrogens is 1. The molecule has 1 unspecified atom stereocenters. The molecule has 0 saturated heterocycles. The first kappa shape index (κ1) is 6.91. The van der Waals surface area contributed by atoms with Crippen LogP contribution in [0.5, 0.6) is 0 Å². The van der Waals surface area contributed by atoms with Gasteiger partial charge in [-0.3, -0.25) is 10.5 Å². The predicted molar refractivity (Wildman–Crippen MR) is 31.0 cm³/mol. The summed E-state index contributed by atoms with van der Waals surface area (Å²) in [6, 6.07) is 0. The molecule has 54 valence electrons. The monoisotopic (exact) mass is 142 g/mol. The maximum absolute atomic E-state index is 10.00. The van der Waals surface area contributed by atoms with Crippen molar-refractivity contribution >= 4 is 6.29 Å². The van der Waals surface area contributed by atoms with Gasteiger partial charge in [-0.15, -0.1) is 0 Å². The van der Waals surface area contributed by atoms with Gasteiger partial charge in [0.1, 0.15) is 12.0 Å². The van der Waals surface area contributed by atoms with Gasteiger partial charge in [0.15, 0.2) is 12.5 Å². The predicted octanol–water partition coefficient (Wildman–Crippen LogP) is -0.563. The fourth-order valence-electron chi connectivity index (χ4n) is 0.491. The third kappa shape index (κ3) is 1.20. The maximum atomic E-state index is 10.00. The fourth-order valence-corrected chi connectivity index (χ4v) is 0.491. The summed E-state index contributed by atoms with van der Waals surface area (Å²) in [6.07, 6.45) is 0.377. The molecular weight excluding hydrogens is 136 g/mol. The van der Waals surface area contributed by atoms with E-state index < -0.39 is 6.23 Å². The van der Waals surface area contributed by atoms with E-state index >= 15 is 0 Å². The van der Waals surface area contributed by atoms with E-state index in [0.29, 0.717) is 6.29 Å². The highest BCUT2D eigenvalue weighted by Gasteiger charge is 2.07. The molecule has 0 aliphatic rings. The third-order valence-corrected chi connectivity index (χ3v) is 0.913. The van der Waals surface area contributed by atoms with Gasteiger partial charge < -0.3 is 9.52 Å². The highest BCUT2D eigenvalue weighted by atomic mass is 16.4. The number of oxazole rings is 1. The largest absolute Gasteiger partial charge is 0.444 e. The van der Waals surface area contributed by atoms with E-state index in [1.165, 1.54) is 0 Å². The van der Waals surface area contributed by atoms with E-state index in [1.54, 1.807) is 0 Å². The molecule has 1 aromatic rings. The Kier molecular flexibility index (Phi) is 1.79. The Balaban J connectivity index is 2.88. The first-order valence-corrected chi connectivity index (χ1v) is 2.58. The first-order valence-electron chi connectivity index (χ1n) is 2.58. The van der Waals surface area contributed by atoms with Gasteiger partial charge in [-0.2, -0.15) is 0 Å². The molecule has 5 nitrogen and oxygen atoms in total. The van der Waals surface area contributed by atoms with Crippen molar-refractivity contribution in [3.63, 3.8) is 0 Å². The first-order chi connectivity index (χ1) is 4.74. The number of nitrogens with zero attached hydrogens (tertiary/aromatic N) is 1. The third-order valence-electron chi connectivity index (χ3n) is 0.913. The van der Waals surface area contributed by atoms with Crippen LogP contribution >= 0.6 is 0 Å². The van der Waals surface area contributed by atoms with Crippen molar-refractivity contribution in [2.75, 3.05) is 0 Å². The summed E-state index contributed by atoms with van der Waals surface area (Å²) in [5, 5.41) is 8.64. The molecule has 1 heterocycles. The number of carbonyl (C=O) groups excluding carboxylic acids is 1. The van der Waals surface area contributed by atoms with Gasteiger partial charge >= 0.3 is 0 Å². The lowest BCUT2D eigenvalue weighted by molar-refractivity contribution is 0.111. The van der Waals surface area contributed by atoms with Crippen LogP contribution in [0.15, 0.2) is 10.7 Å². The molecule has 3 N–H and O–H groups in total. The van der Waals surface area contributed by atoms with Crippen LogP contribution in [0.2, 0.25) is 0 Å². The van der Waals surface area contributed by atoms with Gasteiger partial charge in [-0.25, -0.2) is 4.98 Å². The van der Waals surface area contributed by atoms with Gasteiger partial charge in [-0.1, -0.05) is 0 Å². The fraction of sp³-hybridized carbons (Fsp3) is 0.200. The van der Waals surface area contributed by atoms with E-state index in [-0.39, 0.29) is 11.6 Å². The van der Waals surface area contributed by atoms with Crippen molar-refractivity contribution < 1.29 is 14.3 Å². The SMILES string of the molecule is NC(O)c1nc(C=O)co1. The second-order valence-electron chi connectivity index (χ2n) is 1.67. The number of nitrogens with two attached hydrogens (primary N) is 1. The molecule has 1 atom stereocenters. The van der Waals surface area contributed by atoms with Crippen molar-refractivity contribution in [2.24, 2.45) is 5.73 Å². The van der Waals surface area contributed by atoms with Crippen LogP contribution in [-0.2, 0) is 0 Å². The minimum atomic E-state index is -1.26. The molecule has 0 amide bonds. The zero-order valence-corrected chi connectivity index (χ0v) is 5.02. The molecule has 0 radical (unpaired) electrons. The van der Waals surface area contributed by atoms with Crippen LogP contribution in [0, 0.1) is 0 Å². The molecular formula is C5H6N2O3. The van der Waals surface area contributed by atoms with Crippen LogP contribution in [0.1, 0.15) is 22.6 Å². The molecule has 0 spiro atoms. The van der Waals surface area contributed by atoms with Crippen LogP contribution in [0.3, 0.4) is 0 Å². The smallest absolute Gasteiger partial charge is 0.238 e. The Morgan fingerprint density at radius 3 is 2.90 bits per heavy atom. The molecule has 5 heteroatoms.